The van der Waals surface area contributed by atoms with Crippen LogP contribution in [0.15, 0.2) is 27.6 Å². The largest absolute Gasteiger partial charge is 0.528 e. The molecule has 0 spiro atoms. The van der Waals surface area contributed by atoms with Crippen molar-refractivity contribution >= 4 is 16.0 Å². The molecule has 1 aromatic carbocycles. The molecular formula is C22H30FN3O6S. The highest BCUT2D eigenvalue weighted by Gasteiger charge is 2.27. The summed E-state index contributed by atoms with van der Waals surface area (Å²) in [7, 11) is -3.65. The Balaban J connectivity index is 1.54. The quantitative estimate of drug-likeness (QED) is 0.553. The van der Waals surface area contributed by atoms with Crippen LogP contribution in [0.5, 0.6) is 0 Å². The second kappa shape index (κ2) is 9.76. The lowest BCUT2D eigenvalue weighted by atomic mass is 9.88. The normalized spacial score (nSPS) is 17.0. The van der Waals surface area contributed by atoms with Gasteiger partial charge in [-0.3, -0.25) is 0 Å². The van der Waals surface area contributed by atoms with Crippen molar-refractivity contribution < 1.29 is 31.7 Å². The minimum atomic E-state index is -3.65. The van der Waals surface area contributed by atoms with E-state index in [2.05, 4.69) is 10.1 Å². The number of nitrogens with zero attached hydrogens (tertiary/aromatic N) is 3. The molecule has 0 radical (unpaired) electrons. The number of aromatic nitrogens is 2. The summed E-state index contributed by atoms with van der Waals surface area (Å²) >= 11 is 0. The summed E-state index contributed by atoms with van der Waals surface area (Å²) in [6, 6.07) is 3.75. The van der Waals surface area contributed by atoms with Crippen LogP contribution in [0.25, 0.3) is 11.4 Å². The molecule has 1 unspecified atom stereocenters. The van der Waals surface area contributed by atoms with Crippen LogP contribution in [-0.2, 0) is 19.4 Å². The van der Waals surface area contributed by atoms with E-state index >= 15 is 0 Å². The van der Waals surface area contributed by atoms with Crippen molar-refractivity contribution in [3.8, 4) is 11.4 Å². The van der Waals surface area contributed by atoms with E-state index in [9.17, 15) is 17.6 Å². The first kappa shape index (κ1) is 25.1. The lowest BCUT2D eigenvalue weighted by Gasteiger charge is -2.31. The zero-order valence-corrected chi connectivity index (χ0v) is 20.3. The average molecular weight is 484 g/mol. The Hall–Kier alpha value is -2.53. The van der Waals surface area contributed by atoms with Gasteiger partial charge >= 0.3 is 6.16 Å². The highest BCUT2D eigenvalue weighted by Crippen LogP contribution is 2.30. The number of halogens is 1. The van der Waals surface area contributed by atoms with Crippen molar-refractivity contribution in [1.29, 1.82) is 0 Å². The van der Waals surface area contributed by atoms with Crippen LogP contribution in [-0.4, -0.2) is 54.7 Å². The van der Waals surface area contributed by atoms with Gasteiger partial charge < -0.3 is 14.1 Å². The maximum atomic E-state index is 14.2. The van der Waals surface area contributed by atoms with E-state index in [1.165, 1.54) is 12.1 Å². The van der Waals surface area contributed by atoms with Gasteiger partial charge in [-0.25, -0.2) is 17.6 Å². The Bertz CT molecular complexity index is 1090. The number of carbonyl (C=O) groups is 1. The number of piperidine rings is 1. The third-order valence-corrected chi connectivity index (χ3v) is 6.44. The number of sulfone groups is 1. The topological polar surface area (TPSA) is 112 Å². The fraction of sp³-hybridized carbons (Fsp3) is 0.591. The molecule has 0 amide bonds. The van der Waals surface area contributed by atoms with Crippen LogP contribution in [0, 0.1) is 11.7 Å². The molecule has 1 saturated heterocycles. The molecule has 0 bridgehead atoms. The molecule has 33 heavy (non-hydrogen) atoms. The van der Waals surface area contributed by atoms with Crippen molar-refractivity contribution in [3.05, 3.63) is 29.9 Å². The summed E-state index contributed by atoms with van der Waals surface area (Å²) in [5, 5.41) is 5.55. The molecule has 11 heteroatoms. The fourth-order valence-electron chi connectivity index (χ4n) is 3.70. The third kappa shape index (κ3) is 6.97. The Morgan fingerprint density at radius 2 is 1.97 bits per heavy atom. The minimum absolute atomic E-state index is 0.0188. The number of hydrogen-bond acceptors (Lipinski definition) is 9. The number of ether oxygens (including phenoxy) is 1. The second-order valence-corrected chi connectivity index (χ2v) is 11.4. The van der Waals surface area contributed by atoms with Crippen LogP contribution < -0.4 is 0 Å². The molecule has 1 atom stereocenters. The molecule has 0 aliphatic carbocycles. The molecule has 9 nitrogen and oxygen atoms in total. The molecular weight excluding hydrogens is 453 g/mol. The number of hydroxylamine groups is 2. The highest BCUT2D eigenvalue weighted by atomic mass is 32.2. The predicted octanol–water partition coefficient (Wildman–Crippen LogP) is 4.35. The highest BCUT2D eigenvalue weighted by molar-refractivity contribution is 7.90. The van der Waals surface area contributed by atoms with E-state index in [0.29, 0.717) is 30.5 Å². The standard InChI is InChI=1S/C22H30FN3O6S/c1-14(12-15-8-10-26(11-9-15)32-21(27)30-22(2,3)4)20-24-19(25-31-20)16-6-7-18(17(23)13-16)33(5,28)29/h6-7,13-15H,8-12H2,1-5H3. The minimum Gasteiger partial charge on any atom is -0.427 e. The van der Waals surface area contributed by atoms with Crippen molar-refractivity contribution in [1.82, 2.24) is 15.2 Å². The van der Waals surface area contributed by atoms with Gasteiger partial charge in [-0.2, -0.15) is 4.98 Å². The Labute approximate surface area is 193 Å². The van der Waals surface area contributed by atoms with E-state index in [4.69, 9.17) is 14.1 Å². The molecule has 1 aliphatic heterocycles. The van der Waals surface area contributed by atoms with Gasteiger partial charge in [-0.15, -0.1) is 5.06 Å². The molecule has 1 fully saturated rings. The number of benzene rings is 1. The van der Waals surface area contributed by atoms with Crippen LogP contribution in [0.3, 0.4) is 0 Å². The zero-order chi connectivity index (χ0) is 24.4. The van der Waals surface area contributed by atoms with Gasteiger partial charge in [0, 0.05) is 30.8 Å². The summed E-state index contributed by atoms with van der Waals surface area (Å²) in [5.74, 6) is 0.159. The monoisotopic (exact) mass is 483 g/mol. The van der Waals surface area contributed by atoms with E-state index in [1.807, 2.05) is 6.92 Å². The van der Waals surface area contributed by atoms with Gasteiger partial charge in [0.15, 0.2) is 9.84 Å². The molecule has 2 aromatic rings. The number of carbonyl (C=O) groups excluding carboxylic acids is 1. The van der Waals surface area contributed by atoms with E-state index in [0.717, 1.165) is 31.6 Å². The zero-order valence-electron chi connectivity index (χ0n) is 19.5. The summed E-state index contributed by atoms with van der Waals surface area (Å²) < 4.78 is 47.9. The molecule has 3 rings (SSSR count). The van der Waals surface area contributed by atoms with E-state index < -0.39 is 27.4 Å². The predicted molar refractivity (Wildman–Crippen MR) is 117 cm³/mol. The Kier molecular flexibility index (Phi) is 7.42. The number of hydrogen-bond donors (Lipinski definition) is 0. The van der Waals surface area contributed by atoms with E-state index in [1.54, 1.807) is 25.8 Å². The molecule has 0 N–H and O–H groups in total. The Morgan fingerprint density at radius 3 is 2.55 bits per heavy atom. The van der Waals surface area contributed by atoms with Crippen LogP contribution in [0.4, 0.5) is 9.18 Å². The summed E-state index contributed by atoms with van der Waals surface area (Å²) in [5.41, 5.74) is -0.260. The second-order valence-electron chi connectivity index (χ2n) is 9.44. The van der Waals surface area contributed by atoms with Gasteiger partial charge in [0.05, 0.1) is 0 Å². The van der Waals surface area contributed by atoms with Crippen LogP contribution in [0.1, 0.15) is 58.8 Å². The third-order valence-electron chi connectivity index (χ3n) is 5.31. The smallest absolute Gasteiger partial charge is 0.427 e. The SMILES string of the molecule is CC(CC1CCN(OC(=O)OC(C)(C)C)CC1)c1nc(-c2ccc(S(C)(=O)=O)c(F)c2)no1. The first-order valence-corrected chi connectivity index (χ1v) is 12.7. The maximum Gasteiger partial charge on any atom is 0.528 e. The molecule has 1 aliphatic rings. The summed E-state index contributed by atoms with van der Waals surface area (Å²) in [6.45, 7) is 8.55. The van der Waals surface area contributed by atoms with Crippen molar-refractivity contribution in [2.24, 2.45) is 5.92 Å². The average Bonchev–Trinajstić information content (AvgIpc) is 3.17. The van der Waals surface area contributed by atoms with Gasteiger partial charge in [0.2, 0.25) is 11.7 Å². The van der Waals surface area contributed by atoms with Gasteiger partial charge in [0.25, 0.3) is 0 Å². The first-order valence-electron chi connectivity index (χ1n) is 10.8. The van der Waals surface area contributed by atoms with Crippen molar-refractivity contribution in [2.45, 2.75) is 63.4 Å². The fourth-order valence-corrected chi connectivity index (χ4v) is 4.43. The lowest BCUT2D eigenvalue weighted by molar-refractivity contribution is -0.155. The number of rotatable bonds is 6. The summed E-state index contributed by atoms with van der Waals surface area (Å²) in [4.78, 5) is 21.1. The van der Waals surface area contributed by atoms with Gasteiger partial charge in [0.1, 0.15) is 16.3 Å². The summed E-state index contributed by atoms with van der Waals surface area (Å²) in [6.07, 6.45) is 2.74. The van der Waals surface area contributed by atoms with Crippen molar-refractivity contribution in [2.75, 3.05) is 19.3 Å². The lowest BCUT2D eigenvalue weighted by Crippen LogP contribution is -2.37. The molecule has 2 heterocycles. The molecule has 0 saturated carbocycles. The van der Waals surface area contributed by atoms with Crippen LogP contribution >= 0.6 is 0 Å². The first-order chi connectivity index (χ1) is 15.3. The van der Waals surface area contributed by atoms with Crippen molar-refractivity contribution in [3.63, 3.8) is 0 Å². The molecule has 1 aromatic heterocycles. The Morgan fingerprint density at radius 1 is 1.30 bits per heavy atom. The molecule has 182 valence electrons. The van der Waals surface area contributed by atoms with Gasteiger partial charge in [-0.1, -0.05) is 12.1 Å². The maximum absolute atomic E-state index is 14.2. The van der Waals surface area contributed by atoms with Crippen LogP contribution in [0.2, 0.25) is 0 Å². The van der Waals surface area contributed by atoms with E-state index in [-0.39, 0.29) is 16.6 Å². The van der Waals surface area contributed by atoms with Gasteiger partial charge in [-0.05, 0) is 64.2 Å².